The highest BCUT2D eigenvalue weighted by molar-refractivity contribution is 4.90. The molecule has 478 valence electrons. The van der Waals surface area contributed by atoms with Crippen LogP contribution in [0.5, 0.6) is 0 Å². The van der Waals surface area contributed by atoms with Crippen molar-refractivity contribution in [2.45, 2.75) is 323 Å². The number of hydrogen-bond acceptors (Lipinski definition) is 1. The van der Waals surface area contributed by atoms with Crippen LogP contribution in [0.4, 0.5) is 26.3 Å². The summed E-state index contributed by atoms with van der Waals surface area (Å²) in [5.74, 6) is 3.94. The van der Waals surface area contributed by atoms with Crippen LogP contribution in [0.25, 0.3) is 0 Å². The molecule has 5 aliphatic carbocycles. The van der Waals surface area contributed by atoms with Crippen LogP contribution >= 0.6 is 0 Å². The van der Waals surface area contributed by atoms with Crippen molar-refractivity contribution in [3.8, 4) is 0 Å². The van der Waals surface area contributed by atoms with E-state index in [1.807, 2.05) is 41.5 Å². The van der Waals surface area contributed by atoms with Crippen molar-refractivity contribution in [1.29, 1.82) is 0 Å². The number of ether oxygens (including phenoxy) is 1. The molecule has 5 fully saturated rings. The van der Waals surface area contributed by atoms with Gasteiger partial charge in [-0.2, -0.15) is 0 Å². The first-order chi connectivity index (χ1) is 34.8. The third-order valence-electron chi connectivity index (χ3n) is 20.1. The summed E-state index contributed by atoms with van der Waals surface area (Å²) in [5, 5.41) is 0. The quantitative estimate of drug-likeness (QED) is 0.149. The zero-order valence-corrected chi connectivity index (χ0v) is 59.3. The van der Waals surface area contributed by atoms with E-state index in [0.29, 0.717) is 11.3 Å². The smallest absolute Gasteiger partial charge is 0.250 e. The van der Waals surface area contributed by atoms with Crippen LogP contribution in [0.15, 0.2) is 0 Å². The van der Waals surface area contributed by atoms with Gasteiger partial charge in [-0.15, -0.1) is 0 Å². The lowest BCUT2D eigenvalue weighted by molar-refractivity contribution is -0.110. The summed E-state index contributed by atoms with van der Waals surface area (Å²) in [6, 6.07) is 0. The number of hydrogen-bond donors (Lipinski definition) is 0. The molecule has 0 aromatic carbocycles. The second-order valence-electron chi connectivity index (χ2n) is 31.1. The highest BCUT2D eigenvalue weighted by Gasteiger charge is 2.44. The van der Waals surface area contributed by atoms with E-state index in [0.717, 1.165) is 104 Å². The molecule has 0 unspecified atom stereocenters. The normalized spacial score (nSPS) is 19.9. The Balaban J connectivity index is -0.000000254. The van der Waals surface area contributed by atoms with E-state index in [1.165, 1.54) is 77.0 Å². The first kappa shape index (κ1) is 86.3. The fraction of sp³-hybridized carbons (Fsp3) is 1.00. The molecule has 2 atom stereocenters. The highest BCUT2D eigenvalue weighted by Crippen LogP contribution is 2.51. The SMILES string of the molecule is CC(C)C(C)(C)C(C)(F)F.CC(C)C(C)C.CC(C)C1(C)CC1.CC(C)C1CC1.CC(C)C1CCC1.CC(C)C1CCC1.CC(C)[C@@H](C)C(C)(F)F.CC(C)[C@H](C)C(C)(F)F.CC1CC(C(C)C)C1.COCC(C)(C)C(C)C. The van der Waals surface area contributed by atoms with Gasteiger partial charge in [0.25, 0.3) is 5.92 Å². The first-order valence-corrected chi connectivity index (χ1v) is 32.4. The molecule has 0 N–H and O–H groups in total. The number of alkyl halides is 6. The maximum atomic E-state index is 12.8. The van der Waals surface area contributed by atoms with Gasteiger partial charge in [0, 0.05) is 24.4 Å². The molecule has 0 radical (unpaired) electrons. The van der Waals surface area contributed by atoms with Crippen molar-refractivity contribution in [3.63, 3.8) is 0 Å². The van der Waals surface area contributed by atoms with Gasteiger partial charge >= 0.3 is 0 Å². The highest BCUT2D eigenvalue weighted by atomic mass is 19.3. The van der Waals surface area contributed by atoms with Gasteiger partial charge in [0.05, 0.1) is 6.61 Å². The second-order valence-corrected chi connectivity index (χ2v) is 31.1. The zero-order chi connectivity index (χ0) is 63.3. The Labute approximate surface area is 488 Å². The summed E-state index contributed by atoms with van der Waals surface area (Å²) >= 11 is 0. The van der Waals surface area contributed by atoms with E-state index >= 15 is 0 Å². The fourth-order valence-electron chi connectivity index (χ4n) is 7.48. The molecule has 0 aromatic heterocycles. The Morgan fingerprint density at radius 1 is 0.423 bits per heavy atom. The summed E-state index contributed by atoms with van der Waals surface area (Å²) < 4.78 is 80.0. The van der Waals surface area contributed by atoms with Gasteiger partial charge in [-0.3, -0.25) is 0 Å². The van der Waals surface area contributed by atoms with Crippen molar-refractivity contribution in [2.24, 2.45) is 123 Å². The summed E-state index contributed by atoms with van der Waals surface area (Å²) in [5.41, 5.74) is 0.182. The average Bonchev–Trinajstić information content (AvgIpc) is 4.15. The van der Waals surface area contributed by atoms with Crippen LogP contribution in [0.2, 0.25) is 0 Å². The average molecular weight is 1130 g/mol. The topological polar surface area (TPSA) is 9.23 Å². The van der Waals surface area contributed by atoms with Crippen molar-refractivity contribution in [1.82, 2.24) is 0 Å². The molecule has 0 bridgehead atoms. The molecule has 0 heterocycles. The molecular weight excluding hydrogens is 983 g/mol. The molecule has 0 amide bonds. The van der Waals surface area contributed by atoms with Crippen LogP contribution < -0.4 is 0 Å². The summed E-state index contributed by atoms with van der Waals surface area (Å²) in [4.78, 5) is 0. The van der Waals surface area contributed by atoms with Crippen molar-refractivity contribution < 1.29 is 31.1 Å². The Kier molecular flexibility index (Phi) is 45.1. The second kappa shape index (κ2) is 40.7. The van der Waals surface area contributed by atoms with E-state index in [2.05, 4.69) is 138 Å². The zero-order valence-electron chi connectivity index (χ0n) is 59.3. The predicted molar refractivity (Wildman–Crippen MR) is 339 cm³/mol. The molecule has 5 saturated carbocycles. The minimum absolute atomic E-state index is 0.00694. The van der Waals surface area contributed by atoms with Crippen molar-refractivity contribution in [2.75, 3.05) is 13.7 Å². The Bertz CT molecular complexity index is 1290. The molecule has 0 spiro atoms. The molecule has 1 nitrogen and oxygen atoms in total. The molecule has 78 heavy (non-hydrogen) atoms. The molecule has 0 aromatic rings. The Morgan fingerprint density at radius 3 is 0.731 bits per heavy atom. The van der Waals surface area contributed by atoms with Gasteiger partial charge in [-0.1, -0.05) is 246 Å². The minimum Gasteiger partial charge on any atom is -0.384 e. The van der Waals surface area contributed by atoms with Gasteiger partial charge in [0.15, 0.2) is 0 Å². The summed E-state index contributed by atoms with van der Waals surface area (Å²) in [7, 11) is 1.75. The van der Waals surface area contributed by atoms with Gasteiger partial charge in [-0.05, 0) is 165 Å². The molecule has 5 rings (SSSR count). The van der Waals surface area contributed by atoms with Crippen LogP contribution in [-0.2, 0) is 4.74 Å². The number of halogens is 6. The first-order valence-electron chi connectivity index (χ1n) is 32.4. The van der Waals surface area contributed by atoms with E-state index in [9.17, 15) is 26.3 Å². The number of methoxy groups -OCH3 is 1. The lowest BCUT2D eigenvalue weighted by atomic mass is 9.71. The monoisotopic (exact) mass is 1130 g/mol. The summed E-state index contributed by atoms with van der Waals surface area (Å²) in [6.45, 7) is 66.7. The standard InChI is InChI=1S/C8H16F2.C8H18O.C8H16.2C7H14F2.3C7H14.C6H12.C6H14/c1-6(2)7(3,4)8(5,9)10;1-7(2)8(3,4)6-9-5;1-6(2)8-4-7(3)5-8;2*1-5(2)6(3)7(4,8)9;1-6(2)7(3)4-5-7;2*1-6(2)7-4-3-5-7;1-5(2)6-3-4-6;1-5(2)6(3)4/h6H,1-5H3;7H,6H2,1-5H3;6-8H,4-5H2,1-3H3;2*5-6H,1-4H3;6H,4-5H2,1-3H3;2*6-7H,3-5H2,1-2H3;5-6H,3-4H2,1-2H3;5-6H,1-4H3/t;;;2*6-;;;;;/m...10...../s1. The largest absolute Gasteiger partial charge is 0.384 e. The predicted octanol–water partition coefficient (Wildman–Crippen LogP) is 25.9. The third kappa shape index (κ3) is 43.2. The van der Waals surface area contributed by atoms with E-state index in [4.69, 9.17) is 4.74 Å². The molecule has 0 aliphatic heterocycles. The lowest BCUT2D eigenvalue weighted by Crippen LogP contribution is -2.37. The molecule has 7 heteroatoms. The number of rotatable bonds is 15. The van der Waals surface area contributed by atoms with Crippen LogP contribution in [-0.4, -0.2) is 31.5 Å². The van der Waals surface area contributed by atoms with E-state index in [-0.39, 0.29) is 17.8 Å². The maximum Gasteiger partial charge on any atom is 0.250 e. The molecule has 0 saturated heterocycles. The van der Waals surface area contributed by atoms with Gasteiger partial charge in [-0.25, -0.2) is 26.3 Å². The Morgan fingerprint density at radius 2 is 0.705 bits per heavy atom. The van der Waals surface area contributed by atoms with Gasteiger partial charge in [0.1, 0.15) is 0 Å². The summed E-state index contributed by atoms with van der Waals surface area (Å²) in [6.07, 6.45) is 17.9. The molecular formula is C71H146F6O. The van der Waals surface area contributed by atoms with E-state index < -0.39 is 35.0 Å². The van der Waals surface area contributed by atoms with E-state index in [1.54, 1.807) is 34.8 Å². The van der Waals surface area contributed by atoms with Crippen molar-refractivity contribution >= 4 is 0 Å². The van der Waals surface area contributed by atoms with Gasteiger partial charge in [0.2, 0.25) is 11.8 Å². The molecule has 5 aliphatic rings. The third-order valence-corrected chi connectivity index (χ3v) is 20.1. The minimum atomic E-state index is -2.58. The van der Waals surface area contributed by atoms with Crippen molar-refractivity contribution in [3.05, 3.63) is 0 Å². The Hall–Kier alpha value is -0.460. The van der Waals surface area contributed by atoms with Crippen LogP contribution in [0.1, 0.15) is 306 Å². The lowest BCUT2D eigenvalue weighted by Gasteiger charge is -2.35. The maximum absolute atomic E-state index is 12.8. The van der Waals surface area contributed by atoms with Crippen LogP contribution in [0.3, 0.4) is 0 Å². The van der Waals surface area contributed by atoms with Crippen LogP contribution in [0, 0.1) is 123 Å². The van der Waals surface area contributed by atoms with Gasteiger partial charge < -0.3 is 4.74 Å². The fourth-order valence-corrected chi connectivity index (χ4v) is 7.48.